The molecule has 0 heterocycles. The first kappa shape index (κ1) is 33.2. The highest BCUT2D eigenvalue weighted by Crippen LogP contribution is 2.44. The Morgan fingerprint density at radius 1 is 0.762 bits per heavy atom. The summed E-state index contributed by atoms with van der Waals surface area (Å²) in [7, 11) is 1.30. The molecule has 2 aromatic carbocycles. The number of rotatable bonds is 20. The maximum atomic E-state index is 12.5. The minimum Gasteiger partial charge on any atom is -0.467 e. The zero-order valence-electron chi connectivity index (χ0n) is 25.6. The standard InChI is InChI=1S/C35H50N2O5/c1-3-4-5-6-7-8-9-10-11-12-13-14-23-33(38)37-32(34(39)41-2)24-25-36-35(40)42-26-31-29-21-17-15-19-27(29)28-20-16-18-22-30(28)31/h15-22,31-32H,3-14,23-26H2,1-2H3,(H,36,40)(H,37,38)/t32-/m0/s1. The van der Waals surface area contributed by atoms with Gasteiger partial charge in [0.15, 0.2) is 0 Å². The number of methoxy groups -OCH3 is 1. The van der Waals surface area contributed by atoms with Gasteiger partial charge in [-0.15, -0.1) is 0 Å². The van der Waals surface area contributed by atoms with Gasteiger partial charge >= 0.3 is 12.1 Å². The summed E-state index contributed by atoms with van der Waals surface area (Å²) in [5.41, 5.74) is 4.63. The fourth-order valence-corrected chi connectivity index (χ4v) is 5.75. The molecular formula is C35H50N2O5. The number of hydrogen-bond acceptors (Lipinski definition) is 5. The van der Waals surface area contributed by atoms with Crippen LogP contribution in [0.1, 0.15) is 114 Å². The fraction of sp³-hybridized carbons (Fsp3) is 0.571. The Bertz CT molecular complexity index is 1070. The molecule has 1 aliphatic rings. The molecule has 230 valence electrons. The van der Waals surface area contributed by atoms with E-state index >= 15 is 0 Å². The Hall–Kier alpha value is -3.35. The van der Waals surface area contributed by atoms with Crippen molar-refractivity contribution >= 4 is 18.0 Å². The van der Waals surface area contributed by atoms with E-state index < -0.39 is 18.1 Å². The number of unbranched alkanes of at least 4 members (excludes halogenated alkanes) is 11. The van der Waals surface area contributed by atoms with Crippen molar-refractivity contribution < 1.29 is 23.9 Å². The molecule has 0 radical (unpaired) electrons. The fourth-order valence-electron chi connectivity index (χ4n) is 5.75. The monoisotopic (exact) mass is 578 g/mol. The molecule has 1 aliphatic carbocycles. The van der Waals surface area contributed by atoms with Crippen LogP contribution in [0.25, 0.3) is 11.1 Å². The first-order valence-corrected chi connectivity index (χ1v) is 16.0. The molecule has 7 nitrogen and oxygen atoms in total. The quantitative estimate of drug-likeness (QED) is 0.124. The molecule has 3 rings (SSSR count). The van der Waals surface area contributed by atoms with E-state index in [4.69, 9.17) is 9.47 Å². The minimum atomic E-state index is -0.811. The van der Waals surface area contributed by atoms with Gasteiger partial charge in [0.2, 0.25) is 5.91 Å². The second kappa shape index (κ2) is 19.0. The summed E-state index contributed by atoms with van der Waals surface area (Å²) in [6.07, 6.45) is 14.8. The highest BCUT2D eigenvalue weighted by atomic mass is 16.5. The number of alkyl carbamates (subject to hydrolysis) is 1. The van der Waals surface area contributed by atoms with Crippen molar-refractivity contribution in [3.8, 4) is 11.1 Å². The van der Waals surface area contributed by atoms with E-state index in [1.54, 1.807) is 0 Å². The van der Waals surface area contributed by atoms with Crippen LogP contribution >= 0.6 is 0 Å². The van der Waals surface area contributed by atoms with Crippen molar-refractivity contribution in [2.75, 3.05) is 20.3 Å². The molecule has 0 spiro atoms. The number of nitrogens with one attached hydrogen (secondary N) is 2. The lowest BCUT2D eigenvalue weighted by atomic mass is 9.98. The van der Waals surface area contributed by atoms with E-state index in [1.807, 2.05) is 24.3 Å². The van der Waals surface area contributed by atoms with Crippen LogP contribution in [-0.4, -0.2) is 44.3 Å². The number of amides is 2. The van der Waals surface area contributed by atoms with Crippen molar-refractivity contribution in [3.05, 3.63) is 59.7 Å². The predicted molar refractivity (Wildman–Crippen MR) is 167 cm³/mol. The lowest BCUT2D eigenvalue weighted by Crippen LogP contribution is -2.43. The summed E-state index contributed by atoms with van der Waals surface area (Å²) in [6.45, 7) is 2.64. The highest BCUT2D eigenvalue weighted by molar-refractivity contribution is 5.84. The second-order valence-electron chi connectivity index (χ2n) is 11.3. The zero-order valence-corrected chi connectivity index (χ0v) is 25.6. The Kier molecular flexibility index (Phi) is 15.0. The van der Waals surface area contributed by atoms with Crippen molar-refractivity contribution in [1.82, 2.24) is 10.6 Å². The molecule has 0 aromatic heterocycles. The number of carbonyl (C=O) groups is 3. The van der Waals surface area contributed by atoms with Crippen LogP contribution in [-0.2, 0) is 19.1 Å². The van der Waals surface area contributed by atoms with Crippen LogP contribution in [0.5, 0.6) is 0 Å². The van der Waals surface area contributed by atoms with Gasteiger partial charge in [0.1, 0.15) is 12.6 Å². The largest absolute Gasteiger partial charge is 0.467 e. The van der Waals surface area contributed by atoms with Crippen LogP contribution in [0.4, 0.5) is 4.79 Å². The molecule has 1 atom stereocenters. The number of ether oxygens (including phenoxy) is 2. The van der Waals surface area contributed by atoms with Crippen LogP contribution in [0, 0.1) is 0 Å². The molecule has 0 bridgehead atoms. The summed E-state index contributed by atoms with van der Waals surface area (Å²) in [5.74, 6) is -0.712. The molecule has 0 aliphatic heterocycles. The summed E-state index contributed by atoms with van der Waals surface area (Å²) in [6, 6.07) is 15.5. The third-order valence-electron chi connectivity index (χ3n) is 8.12. The molecular weight excluding hydrogens is 528 g/mol. The van der Waals surface area contributed by atoms with E-state index in [-0.39, 0.29) is 31.4 Å². The van der Waals surface area contributed by atoms with E-state index in [1.165, 1.54) is 76.0 Å². The number of benzene rings is 2. The van der Waals surface area contributed by atoms with Gasteiger partial charge in [-0.3, -0.25) is 4.79 Å². The number of carbonyl (C=O) groups excluding carboxylic acids is 3. The average Bonchev–Trinajstić information content (AvgIpc) is 3.33. The molecule has 42 heavy (non-hydrogen) atoms. The lowest BCUT2D eigenvalue weighted by molar-refractivity contribution is -0.145. The predicted octanol–water partition coefficient (Wildman–Crippen LogP) is 7.66. The molecule has 0 saturated heterocycles. The average molecular weight is 579 g/mol. The van der Waals surface area contributed by atoms with Crippen LogP contribution in [0.15, 0.2) is 48.5 Å². The van der Waals surface area contributed by atoms with Gasteiger partial charge in [0, 0.05) is 18.9 Å². The van der Waals surface area contributed by atoms with Crippen LogP contribution in [0.3, 0.4) is 0 Å². The lowest BCUT2D eigenvalue weighted by Gasteiger charge is -2.17. The number of hydrogen-bond donors (Lipinski definition) is 2. The van der Waals surface area contributed by atoms with Gasteiger partial charge in [-0.1, -0.05) is 126 Å². The second-order valence-corrected chi connectivity index (χ2v) is 11.3. The first-order valence-electron chi connectivity index (χ1n) is 16.0. The molecule has 0 unspecified atom stereocenters. The van der Waals surface area contributed by atoms with Crippen molar-refractivity contribution in [1.29, 1.82) is 0 Å². The van der Waals surface area contributed by atoms with E-state index in [2.05, 4.69) is 41.8 Å². The van der Waals surface area contributed by atoms with Crippen molar-refractivity contribution in [2.24, 2.45) is 0 Å². The Balaban J connectivity index is 1.29. The van der Waals surface area contributed by atoms with Crippen LogP contribution < -0.4 is 10.6 Å². The first-order chi connectivity index (χ1) is 20.5. The van der Waals surface area contributed by atoms with Gasteiger partial charge in [-0.05, 0) is 35.1 Å². The third kappa shape index (κ3) is 10.8. The van der Waals surface area contributed by atoms with Crippen molar-refractivity contribution in [2.45, 2.75) is 109 Å². The van der Waals surface area contributed by atoms with E-state index in [0.717, 1.165) is 30.4 Å². The van der Waals surface area contributed by atoms with Gasteiger partial charge in [0.05, 0.1) is 7.11 Å². The van der Waals surface area contributed by atoms with E-state index in [0.29, 0.717) is 6.42 Å². The summed E-state index contributed by atoms with van der Waals surface area (Å²) >= 11 is 0. The maximum Gasteiger partial charge on any atom is 0.407 e. The molecule has 2 N–H and O–H groups in total. The molecule has 0 fully saturated rings. The topological polar surface area (TPSA) is 93.7 Å². The highest BCUT2D eigenvalue weighted by Gasteiger charge is 2.29. The summed E-state index contributed by atoms with van der Waals surface area (Å²) in [4.78, 5) is 37.2. The smallest absolute Gasteiger partial charge is 0.407 e. The Labute approximate surface area is 252 Å². The molecule has 0 saturated carbocycles. The third-order valence-corrected chi connectivity index (χ3v) is 8.12. The molecule has 7 heteroatoms. The van der Waals surface area contributed by atoms with Gasteiger partial charge in [0.25, 0.3) is 0 Å². The van der Waals surface area contributed by atoms with E-state index in [9.17, 15) is 14.4 Å². The van der Waals surface area contributed by atoms with Crippen molar-refractivity contribution in [3.63, 3.8) is 0 Å². The van der Waals surface area contributed by atoms with Crippen LogP contribution in [0.2, 0.25) is 0 Å². The van der Waals surface area contributed by atoms with Gasteiger partial charge in [-0.2, -0.15) is 0 Å². The van der Waals surface area contributed by atoms with Gasteiger partial charge in [-0.25, -0.2) is 9.59 Å². The van der Waals surface area contributed by atoms with Gasteiger partial charge < -0.3 is 20.1 Å². The molecule has 2 aromatic rings. The summed E-state index contributed by atoms with van der Waals surface area (Å²) in [5, 5.41) is 5.48. The summed E-state index contributed by atoms with van der Waals surface area (Å²) < 4.78 is 10.4. The normalized spacial score (nSPS) is 12.7. The minimum absolute atomic E-state index is 0.0226. The molecule has 2 amide bonds. The zero-order chi connectivity index (χ0) is 30.0. The Morgan fingerprint density at radius 3 is 1.83 bits per heavy atom. The SMILES string of the molecule is CCCCCCCCCCCCCCC(=O)N[C@@H](CCNC(=O)OCC1c2ccccc2-c2ccccc21)C(=O)OC. The maximum absolute atomic E-state index is 12.5. The number of fused-ring (bicyclic) bond motifs is 3. The Morgan fingerprint density at radius 2 is 1.29 bits per heavy atom. The number of esters is 1.